The van der Waals surface area contributed by atoms with E-state index in [9.17, 15) is 4.79 Å². The van der Waals surface area contributed by atoms with E-state index < -0.39 is 0 Å². The third-order valence-electron chi connectivity index (χ3n) is 2.99. The van der Waals surface area contributed by atoms with E-state index in [0.29, 0.717) is 17.2 Å². The Morgan fingerprint density at radius 3 is 2.80 bits per heavy atom. The van der Waals surface area contributed by atoms with Crippen molar-refractivity contribution in [1.82, 2.24) is 0 Å². The highest BCUT2D eigenvalue weighted by Gasteiger charge is 2.20. The van der Waals surface area contributed by atoms with E-state index in [0.717, 1.165) is 21.8 Å². The molecule has 1 heterocycles. The second-order valence-electron chi connectivity index (χ2n) is 4.25. The zero-order chi connectivity index (χ0) is 14.7. The molecule has 2 N–H and O–H groups in total. The molecule has 0 saturated carbocycles. The summed E-state index contributed by atoms with van der Waals surface area (Å²) in [6.45, 7) is 4.02. The minimum Gasteiger partial charge on any atom is -0.497 e. The molecule has 0 amide bonds. The number of hydrogen-bond acceptors (Lipinski definition) is 5. The summed E-state index contributed by atoms with van der Waals surface area (Å²) in [5, 5.41) is 0. The quantitative estimate of drug-likeness (QED) is 0.876. The third-order valence-corrected chi connectivity index (χ3v) is 4.32. The SMILES string of the molecule is CCOC(=O)c1sc(-c2cccc(OC)c2)c(C)c1N. The number of nitrogen functional groups attached to an aromatic ring is 1. The van der Waals surface area contributed by atoms with Gasteiger partial charge in [0.25, 0.3) is 0 Å². The van der Waals surface area contributed by atoms with Gasteiger partial charge in [0.1, 0.15) is 10.6 Å². The normalized spacial score (nSPS) is 10.3. The number of carbonyl (C=O) groups excluding carboxylic acids is 1. The number of carbonyl (C=O) groups is 1. The second kappa shape index (κ2) is 5.96. The van der Waals surface area contributed by atoms with Crippen LogP contribution in [-0.2, 0) is 4.74 Å². The van der Waals surface area contributed by atoms with Gasteiger partial charge in [0.15, 0.2) is 0 Å². The maximum Gasteiger partial charge on any atom is 0.350 e. The molecule has 0 aliphatic heterocycles. The van der Waals surface area contributed by atoms with Gasteiger partial charge in [0, 0.05) is 4.88 Å². The molecule has 0 unspecified atom stereocenters. The van der Waals surface area contributed by atoms with Crippen molar-refractivity contribution in [2.45, 2.75) is 13.8 Å². The summed E-state index contributed by atoms with van der Waals surface area (Å²) in [4.78, 5) is 13.3. The van der Waals surface area contributed by atoms with Crippen LogP contribution < -0.4 is 10.5 Å². The van der Waals surface area contributed by atoms with Crippen molar-refractivity contribution in [2.75, 3.05) is 19.5 Å². The molecule has 5 heteroatoms. The minimum absolute atomic E-state index is 0.337. The van der Waals surface area contributed by atoms with Crippen molar-refractivity contribution in [2.24, 2.45) is 0 Å². The van der Waals surface area contributed by atoms with E-state index >= 15 is 0 Å². The zero-order valence-electron chi connectivity index (χ0n) is 11.7. The predicted molar refractivity (Wildman–Crippen MR) is 81.4 cm³/mol. The van der Waals surface area contributed by atoms with Gasteiger partial charge in [-0.2, -0.15) is 0 Å². The van der Waals surface area contributed by atoms with Crippen molar-refractivity contribution >= 4 is 23.0 Å². The molecule has 0 fully saturated rings. The fourth-order valence-corrected chi connectivity index (χ4v) is 3.03. The number of methoxy groups -OCH3 is 1. The van der Waals surface area contributed by atoms with E-state index in [-0.39, 0.29) is 5.97 Å². The molecule has 106 valence electrons. The molecule has 0 saturated heterocycles. The van der Waals surface area contributed by atoms with Crippen molar-refractivity contribution in [3.05, 3.63) is 34.7 Å². The van der Waals surface area contributed by atoms with Crippen molar-refractivity contribution in [3.63, 3.8) is 0 Å². The number of thiophene rings is 1. The first-order valence-corrected chi connectivity index (χ1v) is 7.10. The van der Waals surface area contributed by atoms with Crippen LogP contribution in [0.2, 0.25) is 0 Å². The molecular formula is C15H17NO3S. The molecule has 0 aliphatic carbocycles. The van der Waals surface area contributed by atoms with Gasteiger partial charge in [-0.05, 0) is 37.1 Å². The number of benzene rings is 1. The van der Waals surface area contributed by atoms with Gasteiger partial charge in [-0.1, -0.05) is 12.1 Å². The van der Waals surface area contributed by atoms with Crippen molar-refractivity contribution in [3.8, 4) is 16.2 Å². The summed E-state index contributed by atoms with van der Waals surface area (Å²) in [5.74, 6) is 0.402. The number of rotatable bonds is 4. The molecule has 1 aromatic heterocycles. The van der Waals surface area contributed by atoms with Crippen LogP contribution >= 0.6 is 11.3 Å². The topological polar surface area (TPSA) is 61.5 Å². The molecule has 4 nitrogen and oxygen atoms in total. The Morgan fingerprint density at radius 1 is 1.40 bits per heavy atom. The first kappa shape index (κ1) is 14.4. The first-order valence-electron chi connectivity index (χ1n) is 6.28. The van der Waals surface area contributed by atoms with Crippen molar-refractivity contribution in [1.29, 1.82) is 0 Å². The molecule has 0 spiro atoms. The number of nitrogens with two attached hydrogens (primary N) is 1. The van der Waals surface area contributed by atoms with Crippen LogP contribution in [0.1, 0.15) is 22.2 Å². The van der Waals surface area contributed by atoms with E-state index in [1.54, 1.807) is 14.0 Å². The van der Waals surface area contributed by atoms with Crippen LogP contribution in [0.4, 0.5) is 5.69 Å². The van der Waals surface area contributed by atoms with Crippen LogP contribution in [0.15, 0.2) is 24.3 Å². The van der Waals surface area contributed by atoms with Crippen LogP contribution in [0.3, 0.4) is 0 Å². The highest BCUT2D eigenvalue weighted by molar-refractivity contribution is 7.18. The Bertz CT molecular complexity index is 634. The van der Waals surface area contributed by atoms with Crippen LogP contribution in [-0.4, -0.2) is 19.7 Å². The van der Waals surface area contributed by atoms with Gasteiger partial charge >= 0.3 is 5.97 Å². The number of esters is 1. The van der Waals surface area contributed by atoms with Gasteiger partial charge in [0.05, 0.1) is 19.4 Å². The average molecular weight is 291 g/mol. The van der Waals surface area contributed by atoms with Gasteiger partial charge in [-0.3, -0.25) is 0 Å². The standard InChI is InChI=1S/C15H17NO3S/c1-4-19-15(17)14-12(16)9(2)13(20-14)10-6-5-7-11(8-10)18-3/h5-8H,4,16H2,1-3H3. The van der Waals surface area contributed by atoms with Crippen LogP contribution in [0, 0.1) is 6.92 Å². The Kier molecular flexibility index (Phi) is 4.29. The Balaban J connectivity index is 2.47. The minimum atomic E-state index is -0.368. The molecule has 20 heavy (non-hydrogen) atoms. The smallest absolute Gasteiger partial charge is 0.350 e. The lowest BCUT2D eigenvalue weighted by atomic mass is 10.1. The Hall–Kier alpha value is -2.01. The Labute approximate surface area is 122 Å². The summed E-state index contributed by atoms with van der Waals surface area (Å²) in [5.41, 5.74) is 8.39. The van der Waals surface area contributed by atoms with E-state index in [2.05, 4.69) is 0 Å². The zero-order valence-corrected chi connectivity index (χ0v) is 12.5. The molecule has 0 radical (unpaired) electrons. The van der Waals surface area contributed by atoms with Crippen molar-refractivity contribution < 1.29 is 14.3 Å². The number of anilines is 1. The maximum atomic E-state index is 11.9. The summed E-state index contributed by atoms with van der Waals surface area (Å²) in [7, 11) is 1.62. The molecular weight excluding hydrogens is 274 g/mol. The van der Waals surface area contributed by atoms with E-state index in [1.165, 1.54) is 11.3 Å². The molecule has 2 aromatic rings. The third kappa shape index (κ3) is 2.63. The second-order valence-corrected chi connectivity index (χ2v) is 5.27. The molecule has 1 aromatic carbocycles. The Morgan fingerprint density at radius 2 is 2.15 bits per heavy atom. The van der Waals surface area contributed by atoms with Crippen LogP contribution in [0.5, 0.6) is 5.75 Å². The lowest BCUT2D eigenvalue weighted by Crippen LogP contribution is -2.05. The number of hydrogen-bond donors (Lipinski definition) is 1. The lowest BCUT2D eigenvalue weighted by Gasteiger charge is -2.03. The van der Waals surface area contributed by atoms with Crippen LogP contribution in [0.25, 0.3) is 10.4 Å². The molecule has 0 bridgehead atoms. The predicted octanol–water partition coefficient (Wildman–Crippen LogP) is 3.49. The monoisotopic (exact) mass is 291 g/mol. The van der Waals surface area contributed by atoms with Gasteiger partial charge in [-0.25, -0.2) is 4.79 Å². The first-order chi connectivity index (χ1) is 9.58. The lowest BCUT2D eigenvalue weighted by molar-refractivity contribution is 0.0533. The van der Waals surface area contributed by atoms with Gasteiger partial charge in [0.2, 0.25) is 0 Å². The molecule has 2 rings (SSSR count). The largest absolute Gasteiger partial charge is 0.497 e. The molecule has 0 aliphatic rings. The summed E-state index contributed by atoms with van der Waals surface area (Å²) in [6, 6.07) is 7.68. The van der Waals surface area contributed by atoms with Gasteiger partial charge < -0.3 is 15.2 Å². The fraction of sp³-hybridized carbons (Fsp3) is 0.267. The summed E-state index contributed by atoms with van der Waals surface area (Å²) in [6.07, 6.45) is 0. The summed E-state index contributed by atoms with van der Waals surface area (Å²) < 4.78 is 10.2. The highest BCUT2D eigenvalue weighted by atomic mass is 32.1. The highest BCUT2D eigenvalue weighted by Crippen LogP contribution is 2.39. The van der Waals surface area contributed by atoms with Gasteiger partial charge in [-0.15, -0.1) is 11.3 Å². The van der Waals surface area contributed by atoms with E-state index in [1.807, 2.05) is 31.2 Å². The molecule has 0 atom stereocenters. The number of ether oxygens (including phenoxy) is 2. The maximum absolute atomic E-state index is 11.9. The fourth-order valence-electron chi connectivity index (χ4n) is 1.91. The van der Waals surface area contributed by atoms with E-state index in [4.69, 9.17) is 15.2 Å². The average Bonchev–Trinajstić information content (AvgIpc) is 2.76. The summed E-state index contributed by atoms with van der Waals surface area (Å²) >= 11 is 1.35.